The lowest BCUT2D eigenvalue weighted by Gasteiger charge is -2.06. The lowest BCUT2D eigenvalue weighted by atomic mass is 10.1. The van der Waals surface area contributed by atoms with Gasteiger partial charge in [-0.05, 0) is 26.7 Å². The molecule has 0 atom stereocenters. The first-order valence-electron chi connectivity index (χ1n) is 6.50. The number of aliphatic hydroxyl groups is 1. The molecule has 0 bridgehead atoms. The van der Waals surface area contributed by atoms with Gasteiger partial charge in [-0.2, -0.15) is 0 Å². The number of rotatable bonds is 11. The Hall–Kier alpha value is -0.0800. The molecule has 0 aliphatic rings. The van der Waals surface area contributed by atoms with Crippen molar-refractivity contribution in [2.75, 3.05) is 13.2 Å². The molecule has 0 aromatic heterocycles. The number of hydrogen-bond acceptors (Lipinski definition) is 2. The van der Waals surface area contributed by atoms with E-state index in [0.29, 0.717) is 12.7 Å². The van der Waals surface area contributed by atoms with Crippen LogP contribution in [0.1, 0.15) is 65.2 Å². The first-order valence-corrected chi connectivity index (χ1v) is 6.50. The number of aliphatic hydroxyl groups excluding tert-OH is 1. The fraction of sp³-hybridized carbons (Fsp3) is 1.00. The van der Waals surface area contributed by atoms with Crippen LogP contribution in [-0.2, 0) is 4.74 Å². The van der Waals surface area contributed by atoms with E-state index in [1.165, 1.54) is 44.9 Å². The van der Waals surface area contributed by atoms with Gasteiger partial charge in [-0.15, -0.1) is 0 Å². The molecule has 0 saturated carbocycles. The third kappa shape index (κ3) is 13.9. The van der Waals surface area contributed by atoms with Crippen LogP contribution in [0.5, 0.6) is 0 Å². The van der Waals surface area contributed by atoms with Crippen LogP contribution >= 0.6 is 0 Å². The Morgan fingerprint density at radius 2 is 1.27 bits per heavy atom. The summed E-state index contributed by atoms with van der Waals surface area (Å²) in [4.78, 5) is 0. The second-order valence-corrected chi connectivity index (χ2v) is 4.47. The Kier molecular flexibility index (Phi) is 11.9. The third-order valence-corrected chi connectivity index (χ3v) is 2.50. The monoisotopic (exact) mass is 216 g/mol. The highest BCUT2D eigenvalue weighted by Crippen LogP contribution is 2.08. The summed E-state index contributed by atoms with van der Waals surface area (Å²) >= 11 is 0. The van der Waals surface area contributed by atoms with Crippen molar-refractivity contribution in [3.8, 4) is 0 Å². The SMILES string of the molecule is CC(C)OCCCCCCCCCCO. The van der Waals surface area contributed by atoms with Crippen molar-refractivity contribution in [1.29, 1.82) is 0 Å². The van der Waals surface area contributed by atoms with Gasteiger partial charge in [0.2, 0.25) is 0 Å². The maximum absolute atomic E-state index is 8.60. The number of ether oxygens (including phenoxy) is 1. The van der Waals surface area contributed by atoms with Crippen molar-refractivity contribution in [2.45, 2.75) is 71.3 Å². The second-order valence-electron chi connectivity index (χ2n) is 4.47. The van der Waals surface area contributed by atoms with Crippen LogP contribution in [0, 0.1) is 0 Å². The first kappa shape index (κ1) is 14.9. The first-order chi connectivity index (χ1) is 7.27. The third-order valence-electron chi connectivity index (χ3n) is 2.50. The van der Waals surface area contributed by atoms with E-state index in [4.69, 9.17) is 9.84 Å². The summed E-state index contributed by atoms with van der Waals surface area (Å²) in [6, 6.07) is 0. The predicted molar refractivity (Wildman–Crippen MR) is 65.1 cm³/mol. The summed E-state index contributed by atoms with van der Waals surface area (Å²) in [7, 11) is 0. The highest BCUT2D eigenvalue weighted by molar-refractivity contribution is 4.47. The summed E-state index contributed by atoms with van der Waals surface area (Å²) in [6.45, 7) is 5.44. The van der Waals surface area contributed by atoms with E-state index >= 15 is 0 Å². The van der Waals surface area contributed by atoms with Gasteiger partial charge in [0, 0.05) is 13.2 Å². The molecule has 0 spiro atoms. The zero-order valence-electron chi connectivity index (χ0n) is 10.5. The van der Waals surface area contributed by atoms with Crippen LogP contribution in [0.3, 0.4) is 0 Å². The topological polar surface area (TPSA) is 29.5 Å². The summed E-state index contributed by atoms with van der Waals surface area (Å²) < 4.78 is 5.47. The summed E-state index contributed by atoms with van der Waals surface area (Å²) in [5.74, 6) is 0. The molecule has 0 rings (SSSR count). The molecule has 1 N–H and O–H groups in total. The largest absolute Gasteiger partial charge is 0.396 e. The average Bonchev–Trinajstić information content (AvgIpc) is 2.20. The van der Waals surface area contributed by atoms with E-state index in [9.17, 15) is 0 Å². The number of unbranched alkanes of at least 4 members (excludes halogenated alkanes) is 7. The highest BCUT2D eigenvalue weighted by Gasteiger charge is 1.94. The molecule has 0 amide bonds. The van der Waals surface area contributed by atoms with E-state index in [2.05, 4.69) is 13.8 Å². The molecule has 0 unspecified atom stereocenters. The minimum atomic E-state index is 0.354. The van der Waals surface area contributed by atoms with Gasteiger partial charge >= 0.3 is 0 Å². The molecular formula is C13H28O2. The smallest absolute Gasteiger partial charge is 0.0518 e. The van der Waals surface area contributed by atoms with E-state index in [1.54, 1.807) is 0 Å². The molecule has 92 valence electrons. The highest BCUT2D eigenvalue weighted by atomic mass is 16.5. The minimum Gasteiger partial charge on any atom is -0.396 e. The minimum absolute atomic E-state index is 0.354. The molecular weight excluding hydrogens is 188 g/mol. The van der Waals surface area contributed by atoms with Gasteiger partial charge in [0.15, 0.2) is 0 Å². The molecule has 2 nitrogen and oxygen atoms in total. The average molecular weight is 216 g/mol. The van der Waals surface area contributed by atoms with Crippen molar-refractivity contribution in [1.82, 2.24) is 0 Å². The van der Waals surface area contributed by atoms with Crippen LogP contribution < -0.4 is 0 Å². The molecule has 0 radical (unpaired) electrons. The van der Waals surface area contributed by atoms with Crippen molar-refractivity contribution in [3.05, 3.63) is 0 Å². The van der Waals surface area contributed by atoms with Crippen LogP contribution in [-0.4, -0.2) is 24.4 Å². The lowest BCUT2D eigenvalue weighted by molar-refractivity contribution is 0.0756. The van der Waals surface area contributed by atoms with E-state index in [1.807, 2.05) is 0 Å². The molecule has 0 saturated heterocycles. The second kappa shape index (κ2) is 12.0. The van der Waals surface area contributed by atoms with Gasteiger partial charge in [0.25, 0.3) is 0 Å². The Morgan fingerprint density at radius 1 is 0.800 bits per heavy atom. The Labute approximate surface area is 95.0 Å². The molecule has 0 aliphatic heterocycles. The van der Waals surface area contributed by atoms with Gasteiger partial charge in [-0.25, -0.2) is 0 Å². The molecule has 0 aliphatic carbocycles. The fourth-order valence-corrected chi connectivity index (χ4v) is 1.59. The Morgan fingerprint density at radius 3 is 1.73 bits per heavy atom. The van der Waals surface area contributed by atoms with Crippen LogP contribution in [0.15, 0.2) is 0 Å². The summed E-state index contributed by atoms with van der Waals surface area (Å²) in [5, 5.41) is 8.60. The Balaban J connectivity index is 2.87. The van der Waals surface area contributed by atoms with Crippen LogP contribution in [0.4, 0.5) is 0 Å². The van der Waals surface area contributed by atoms with Gasteiger partial charge in [0.05, 0.1) is 6.10 Å². The van der Waals surface area contributed by atoms with E-state index < -0.39 is 0 Å². The van der Waals surface area contributed by atoms with Crippen molar-refractivity contribution in [3.63, 3.8) is 0 Å². The molecule has 2 heteroatoms. The zero-order valence-corrected chi connectivity index (χ0v) is 10.5. The normalized spacial score (nSPS) is 11.2. The van der Waals surface area contributed by atoms with Crippen molar-refractivity contribution < 1.29 is 9.84 Å². The molecule has 15 heavy (non-hydrogen) atoms. The maximum Gasteiger partial charge on any atom is 0.0518 e. The Bertz CT molecular complexity index is 113. The lowest BCUT2D eigenvalue weighted by Crippen LogP contribution is -2.03. The van der Waals surface area contributed by atoms with Crippen LogP contribution in [0.25, 0.3) is 0 Å². The van der Waals surface area contributed by atoms with Crippen LogP contribution in [0.2, 0.25) is 0 Å². The molecule has 0 fully saturated rings. The zero-order chi connectivity index (χ0) is 11.4. The maximum atomic E-state index is 8.60. The van der Waals surface area contributed by atoms with E-state index in [0.717, 1.165) is 13.0 Å². The van der Waals surface area contributed by atoms with Crippen molar-refractivity contribution in [2.24, 2.45) is 0 Å². The summed E-state index contributed by atoms with van der Waals surface area (Å²) in [5.41, 5.74) is 0. The van der Waals surface area contributed by atoms with E-state index in [-0.39, 0.29) is 0 Å². The molecule has 0 aromatic rings. The molecule has 0 aromatic carbocycles. The van der Waals surface area contributed by atoms with Gasteiger partial charge < -0.3 is 9.84 Å². The standard InChI is InChI=1S/C13H28O2/c1-13(2)15-12-10-8-6-4-3-5-7-9-11-14/h13-14H,3-12H2,1-2H3. The van der Waals surface area contributed by atoms with Crippen molar-refractivity contribution >= 4 is 0 Å². The summed E-state index contributed by atoms with van der Waals surface area (Å²) in [6.07, 6.45) is 10.3. The molecule has 0 heterocycles. The predicted octanol–water partition coefficient (Wildman–Crippen LogP) is 3.52. The van der Waals surface area contributed by atoms with Gasteiger partial charge in [0.1, 0.15) is 0 Å². The fourth-order valence-electron chi connectivity index (χ4n) is 1.59. The van der Waals surface area contributed by atoms with Gasteiger partial charge in [-0.3, -0.25) is 0 Å². The van der Waals surface area contributed by atoms with Gasteiger partial charge in [-0.1, -0.05) is 38.5 Å². The quantitative estimate of drug-likeness (QED) is 0.535. The number of hydrogen-bond donors (Lipinski definition) is 1.